The molecule has 0 radical (unpaired) electrons. The number of hydrogen-bond donors (Lipinski definition) is 2. The van der Waals surface area contributed by atoms with Gasteiger partial charge < -0.3 is 20.5 Å². The molecule has 0 aliphatic rings. The van der Waals surface area contributed by atoms with Gasteiger partial charge in [0.25, 0.3) is 0 Å². The number of rotatable bonds is 6. The van der Waals surface area contributed by atoms with E-state index in [2.05, 4.69) is 59.3 Å². The highest BCUT2D eigenvalue weighted by Gasteiger charge is 2.21. The van der Waals surface area contributed by atoms with Gasteiger partial charge in [0.15, 0.2) is 0 Å². The SMILES string of the molecule is C=C(C)/C(=C\N(C)C)N(C(=C)C)c1c(C)cnc2cc(N)c(-c3ccc4nc(C)[nH]c4c3)cc12.CC. The number of aryl methyl sites for hydroxylation is 2. The van der Waals surface area contributed by atoms with E-state index in [0.717, 1.165) is 67.1 Å². The first-order chi connectivity index (χ1) is 17.1. The molecule has 0 aliphatic heterocycles. The molecule has 0 fully saturated rings. The quantitative estimate of drug-likeness (QED) is 0.222. The van der Waals surface area contributed by atoms with Gasteiger partial charge in [-0.15, -0.1) is 0 Å². The van der Waals surface area contributed by atoms with Crippen LogP contribution in [0, 0.1) is 13.8 Å². The number of nitrogens with one attached hydrogen (secondary N) is 1. The van der Waals surface area contributed by atoms with Crippen molar-refractivity contribution in [1.82, 2.24) is 19.9 Å². The van der Waals surface area contributed by atoms with Crippen molar-refractivity contribution in [3.8, 4) is 11.1 Å². The standard InChI is InChI=1S/C28H32N6.C2H6/c1-16(2)27(15-33(7)8)34(17(3)4)28-18(5)14-30-25-13-23(29)21(12-22(25)28)20-9-10-24-26(11-20)32-19(6)31-24;1-2/h9-15H,1,3,29H2,2,4-8H3,(H,31,32);1-2H3/b27-15+;. The zero-order valence-electron chi connectivity index (χ0n) is 22.8. The molecule has 0 atom stereocenters. The maximum Gasteiger partial charge on any atom is 0.104 e. The zero-order chi connectivity index (χ0) is 26.7. The van der Waals surface area contributed by atoms with Crippen LogP contribution < -0.4 is 10.6 Å². The summed E-state index contributed by atoms with van der Waals surface area (Å²) in [5.41, 5.74) is 16.8. The van der Waals surface area contributed by atoms with Gasteiger partial charge in [0.05, 0.1) is 27.9 Å². The number of aromatic amines is 1. The number of nitrogen functional groups attached to an aromatic ring is 1. The van der Waals surface area contributed by atoms with Gasteiger partial charge in [0.1, 0.15) is 5.82 Å². The molecule has 0 saturated carbocycles. The summed E-state index contributed by atoms with van der Waals surface area (Å²) in [7, 11) is 4.01. The summed E-state index contributed by atoms with van der Waals surface area (Å²) in [5.74, 6) is 0.887. The van der Waals surface area contributed by atoms with Crippen molar-refractivity contribution >= 4 is 33.3 Å². The fraction of sp³-hybridized carbons (Fsp3) is 0.267. The Kier molecular flexibility index (Phi) is 7.88. The lowest BCUT2D eigenvalue weighted by Crippen LogP contribution is -2.24. The summed E-state index contributed by atoms with van der Waals surface area (Å²) in [6, 6.07) is 10.3. The third-order valence-electron chi connectivity index (χ3n) is 5.77. The molecule has 0 spiro atoms. The van der Waals surface area contributed by atoms with Crippen LogP contribution in [0.4, 0.5) is 11.4 Å². The van der Waals surface area contributed by atoms with E-state index in [1.807, 2.05) is 71.9 Å². The minimum atomic E-state index is 0.677. The van der Waals surface area contributed by atoms with Crippen molar-refractivity contribution in [2.45, 2.75) is 41.5 Å². The summed E-state index contributed by atoms with van der Waals surface area (Å²) in [6.45, 7) is 20.6. The van der Waals surface area contributed by atoms with E-state index >= 15 is 0 Å². The van der Waals surface area contributed by atoms with Gasteiger partial charge in [-0.1, -0.05) is 33.1 Å². The number of benzene rings is 2. The first kappa shape index (κ1) is 26.5. The number of allylic oxidation sites excluding steroid dienone is 2. The van der Waals surface area contributed by atoms with Crippen molar-refractivity contribution in [2.24, 2.45) is 0 Å². The summed E-state index contributed by atoms with van der Waals surface area (Å²) in [5, 5.41) is 0.999. The van der Waals surface area contributed by atoms with Gasteiger partial charge in [-0.2, -0.15) is 0 Å². The molecule has 3 N–H and O–H groups in total. The minimum Gasteiger partial charge on any atom is -0.398 e. The maximum absolute atomic E-state index is 6.54. The number of aromatic nitrogens is 3. The Morgan fingerprint density at radius 1 is 1.03 bits per heavy atom. The Labute approximate surface area is 214 Å². The van der Waals surface area contributed by atoms with Crippen molar-refractivity contribution in [1.29, 1.82) is 0 Å². The second-order valence-electron chi connectivity index (χ2n) is 9.13. The fourth-order valence-electron chi connectivity index (χ4n) is 4.31. The lowest BCUT2D eigenvalue weighted by molar-refractivity contribution is 0.557. The Bertz CT molecular complexity index is 1470. The molecule has 188 valence electrons. The van der Waals surface area contributed by atoms with Crippen LogP contribution >= 0.6 is 0 Å². The van der Waals surface area contributed by atoms with Gasteiger partial charge in [-0.05, 0) is 68.7 Å². The van der Waals surface area contributed by atoms with E-state index in [-0.39, 0.29) is 0 Å². The van der Waals surface area contributed by atoms with E-state index < -0.39 is 0 Å². The summed E-state index contributed by atoms with van der Waals surface area (Å²) in [4.78, 5) is 16.7. The van der Waals surface area contributed by atoms with Crippen LogP contribution in [0.1, 0.15) is 39.1 Å². The highest BCUT2D eigenvalue weighted by atomic mass is 15.2. The second-order valence-corrected chi connectivity index (χ2v) is 9.13. The fourth-order valence-corrected chi connectivity index (χ4v) is 4.31. The summed E-state index contributed by atoms with van der Waals surface area (Å²) in [6.07, 6.45) is 3.95. The van der Waals surface area contributed by atoms with Crippen molar-refractivity contribution in [3.05, 3.63) is 84.2 Å². The molecule has 0 bridgehead atoms. The third kappa shape index (κ3) is 5.13. The monoisotopic (exact) mass is 482 g/mol. The van der Waals surface area contributed by atoms with Crippen molar-refractivity contribution in [2.75, 3.05) is 24.7 Å². The molecule has 0 unspecified atom stereocenters. The molecule has 2 aromatic carbocycles. The average molecular weight is 483 g/mol. The molecule has 0 amide bonds. The number of H-pyrrole nitrogens is 1. The van der Waals surface area contributed by atoms with Gasteiger partial charge in [-0.25, -0.2) is 4.98 Å². The largest absolute Gasteiger partial charge is 0.398 e. The van der Waals surface area contributed by atoms with Crippen LogP contribution in [0.5, 0.6) is 0 Å². The minimum absolute atomic E-state index is 0.677. The number of pyridine rings is 1. The molecule has 2 aromatic heterocycles. The number of fused-ring (bicyclic) bond motifs is 2. The smallest absolute Gasteiger partial charge is 0.104 e. The van der Waals surface area contributed by atoms with Crippen LogP contribution in [0.25, 0.3) is 33.1 Å². The van der Waals surface area contributed by atoms with E-state index in [1.54, 1.807) is 0 Å². The van der Waals surface area contributed by atoms with Crippen LogP contribution in [-0.4, -0.2) is 33.9 Å². The number of nitrogens with zero attached hydrogens (tertiary/aromatic N) is 4. The summed E-state index contributed by atoms with van der Waals surface area (Å²) < 4.78 is 0. The molecule has 0 saturated heterocycles. The molecular weight excluding hydrogens is 444 g/mol. The topological polar surface area (TPSA) is 74.1 Å². The predicted octanol–water partition coefficient (Wildman–Crippen LogP) is 7.32. The van der Waals surface area contributed by atoms with Crippen molar-refractivity contribution < 1.29 is 0 Å². The van der Waals surface area contributed by atoms with Gasteiger partial charge in [-0.3, -0.25) is 4.98 Å². The molecule has 6 nitrogen and oxygen atoms in total. The molecule has 4 aromatic rings. The first-order valence-electron chi connectivity index (χ1n) is 12.2. The normalized spacial score (nSPS) is 11.3. The lowest BCUT2D eigenvalue weighted by atomic mass is 9.98. The molecule has 4 rings (SSSR count). The summed E-state index contributed by atoms with van der Waals surface area (Å²) >= 11 is 0. The molecule has 36 heavy (non-hydrogen) atoms. The van der Waals surface area contributed by atoms with E-state index in [9.17, 15) is 0 Å². The number of imidazole rings is 1. The Morgan fingerprint density at radius 2 is 1.72 bits per heavy atom. The van der Waals surface area contributed by atoms with Gasteiger partial charge >= 0.3 is 0 Å². The second kappa shape index (κ2) is 10.7. The highest BCUT2D eigenvalue weighted by molar-refractivity contribution is 6.01. The highest BCUT2D eigenvalue weighted by Crippen LogP contribution is 2.40. The van der Waals surface area contributed by atoms with E-state index in [4.69, 9.17) is 10.7 Å². The van der Waals surface area contributed by atoms with Crippen LogP contribution in [0.2, 0.25) is 0 Å². The molecular formula is C30H38N6. The van der Waals surface area contributed by atoms with Crippen LogP contribution in [-0.2, 0) is 0 Å². The number of nitrogens with two attached hydrogens (primary N) is 1. The molecule has 6 heteroatoms. The van der Waals surface area contributed by atoms with Crippen molar-refractivity contribution in [3.63, 3.8) is 0 Å². The molecule has 2 heterocycles. The zero-order valence-corrected chi connectivity index (χ0v) is 22.8. The van der Waals surface area contributed by atoms with Crippen LogP contribution in [0.15, 0.2) is 72.9 Å². The number of anilines is 2. The Hall–Kier alpha value is -4.06. The predicted molar refractivity (Wildman–Crippen MR) is 156 cm³/mol. The first-order valence-corrected chi connectivity index (χ1v) is 12.2. The average Bonchev–Trinajstić information content (AvgIpc) is 3.19. The third-order valence-corrected chi connectivity index (χ3v) is 5.77. The molecule has 0 aliphatic carbocycles. The van der Waals surface area contributed by atoms with Gasteiger partial charge in [0, 0.05) is 48.8 Å². The van der Waals surface area contributed by atoms with E-state index in [0.29, 0.717) is 5.69 Å². The Balaban J connectivity index is 0.00000176. The van der Waals surface area contributed by atoms with E-state index in [1.165, 1.54) is 0 Å². The Morgan fingerprint density at radius 3 is 2.33 bits per heavy atom. The van der Waals surface area contributed by atoms with Crippen LogP contribution in [0.3, 0.4) is 0 Å². The maximum atomic E-state index is 6.54. The lowest BCUT2D eigenvalue weighted by Gasteiger charge is -2.31. The van der Waals surface area contributed by atoms with Gasteiger partial charge in [0.2, 0.25) is 0 Å². The number of hydrogen-bond acceptors (Lipinski definition) is 5.